The van der Waals surface area contributed by atoms with Crippen molar-refractivity contribution in [3.8, 4) is 11.8 Å². The summed E-state index contributed by atoms with van der Waals surface area (Å²) in [5.41, 5.74) is 2.18. The summed E-state index contributed by atoms with van der Waals surface area (Å²) in [7, 11) is -3.68. The van der Waals surface area contributed by atoms with Crippen LogP contribution >= 0.6 is 15.9 Å². The number of carbonyl (C=O) groups excluding carboxylic acids is 1. The van der Waals surface area contributed by atoms with Crippen LogP contribution in [-0.2, 0) is 34.4 Å². The zero-order valence-electron chi connectivity index (χ0n) is 19.3. The summed E-state index contributed by atoms with van der Waals surface area (Å²) in [5, 5.41) is 11.8. The minimum Gasteiger partial charge on any atom is -0.383 e. The van der Waals surface area contributed by atoms with E-state index in [4.69, 9.17) is 9.44 Å². The van der Waals surface area contributed by atoms with Gasteiger partial charge in [-0.3, -0.25) is 9.69 Å². The Balaban J connectivity index is 1.54. The maximum Gasteiger partial charge on any atom is 0.306 e. The molecule has 1 atom stereocenters. The molecule has 2 heterocycles. The molecule has 9 nitrogen and oxygen atoms in total. The molecule has 1 saturated heterocycles. The molecule has 0 aliphatic carbocycles. The smallest absolute Gasteiger partial charge is 0.306 e. The van der Waals surface area contributed by atoms with Crippen molar-refractivity contribution in [1.82, 2.24) is 20.2 Å². The van der Waals surface area contributed by atoms with Crippen LogP contribution in [-0.4, -0.2) is 48.0 Å². The molecule has 1 aliphatic rings. The van der Waals surface area contributed by atoms with Gasteiger partial charge >= 0.3 is 10.1 Å². The van der Waals surface area contributed by atoms with Crippen LogP contribution in [0.4, 0.5) is 4.39 Å². The van der Waals surface area contributed by atoms with Gasteiger partial charge in [-0.2, -0.15) is 13.7 Å². The summed E-state index contributed by atoms with van der Waals surface area (Å²) in [6, 6.07) is 10.7. The van der Waals surface area contributed by atoms with Gasteiger partial charge < -0.3 is 14.5 Å². The molecule has 36 heavy (non-hydrogen) atoms. The van der Waals surface area contributed by atoms with E-state index in [0.717, 1.165) is 22.0 Å². The molecule has 1 aliphatic heterocycles. The summed E-state index contributed by atoms with van der Waals surface area (Å²) < 4.78 is 42.8. The number of aromatic nitrogens is 2. The van der Waals surface area contributed by atoms with E-state index < -0.39 is 15.9 Å². The van der Waals surface area contributed by atoms with Gasteiger partial charge in [0, 0.05) is 42.4 Å². The fourth-order valence-electron chi connectivity index (χ4n) is 4.07. The van der Waals surface area contributed by atoms with E-state index >= 15 is 0 Å². The largest absolute Gasteiger partial charge is 0.383 e. The molecule has 1 amide bonds. The summed E-state index contributed by atoms with van der Waals surface area (Å²) in [6.07, 6.45) is 3.63. The van der Waals surface area contributed by atoms with Crippen molar-refractivity contribution < 1.29 is 21.8 Å². The first kappa shape index (κ1) is 25.8. The Labute approximate surface area is 216 Å². The van der Waals surface area contributed by atoms with Crippen molar-refractivity contribution >= 4 is 32.0 Å². The van der Waals surface area contributed by atoms with Gasteiger partial charge in [-0.15, -0.1) is 0 Å². The number of aromatic amines is 1. The molecule has 1 unspecified atom stereocenters. The predicted octanol–water partition coefficient (Wildman–Crippen LogP) is 3.00. The van der Waals surface area contributed by atoms with Gasteiger partial charge in [0.2, 0.25) is 5.91 Å². The number of hydrogen-bond donors (Lipinski definition) is 2. The van der Waals surface area contributed by atoms with Crippen LogP contribution in [0.25, 0.3) is 0 Å². The van der Waals surface area contributed by atoms with E-state index in [9.17, 15) is 17.6 Å². The SMILES string of the molecule is CS(=O)(=O)Oc1ccc(Br)c(CN(Cc2cnc(Cc3ccc(C#N)c(F)c3)[nH]2)C2CCNC2=O)c1. The van der Waals surface area contributed by atoms with Crippen molar-refractivity contribution in [2.75, 3.05) is 12.8 Å². The lowest BCUT2D eigenvalue weighted by atomic mass is 10.1. The number of carbonyl (C=O) groups is 1. The lowest BCUT2D eigenvalue weighted by Gasteiger charge is -2.27. The van der Waals surface area contributed by atoms with Gasteiger partial charge in [0.25, 0.3) is 0 Å². The van der Waals surface area contributed by atoms with Crippen molar-refractivity contribution in [2.24, 2.45) is 0 Å². The van der Waals surface area contributed by atoms with E-state index in [1.54, 1.807) is 36.5 Å². The van der Waals surface area contributed by atoms with Crippen LogP contribution in [0.2, 0.25) is 0 Å². The molecule has 188 valence electrons. The molecule has 1 aromatic heterocycles. The number of nitrogens with zero attached hydrogens (tertiary/aromatic N) is 3. The molecule has 0 saturated carbocycles. The standard InChI is InChI=1S/C24H23BrFN5O4S/c1-36(33,34)35-19-4-5-20(25)17(10-19)13-31(22-6-7-28-24(22)32)14-18-12-29-23(30-18)9-15-2-3-16(11-27)21(26)8-15/h2-5,8,10,12,22H,6-7,9,13-14H2,1H3,(H,28,32)(H,29,30). The molecular weight excluding hydrogens is 553 g/mol. The Morgan fingerprint density at radius 2 is 2.08 bits per heavy atom. The Morgan fingerprint density at radius 1 is 1.28 bits per heavy atom. The van der Waals surface area contributed by atoms with Crippen LogP contribution in [0.15, 0.2) is 47.1 Å². The number of halogens is 2. The molecular formula is C24H23BrFN5O4S. The number of H-pyrrole nitrogens is 1. The number of nitrogens with one attached hydrogen (secondary N) is 2. The fourth-order valence-corrected chi connectivity index (χ4v) is 4.90. The number of hydrogen-bond acceptors (Lipinski definition) is 7. The highest BCUT2D eigenvalue weighted by atomic mass is 79.9. The summed E-state index contributed by atoms with van der Waals surface area (Å²) >= 11 is 3.50. The monoisotopic (exact) mass is 575 g/mol. The first-order valence-electron chi connectivity index (χ1n) is 11.0. The molecule has 2 aromatic carbocycles. The average Bonchev–Trinajstić information content (AvgIpc) is 3.43. The van der Waals surface area contributed by atoms with E-state index in [2.05, 4.69) is 31.2 Å². The molecule has 2 N–H and O–H groups in total. The van der Waals surface area contributed by atoms with Gasteiger partial charge in [-0.1, -0.05) is 22.0 Å². The third kappa shape index (κ3) is 6.48. The molecule has 0 bridgehead atoms. The highest BCUT2D eigenvalue weighted by Gasteiger charge is 2.31. The van der Waals surface area contributed by atoms with Gasteiger partial charge in [0.1, 0.15) is 23.5 Å². The topological polar surface area (TPSA) is 128 Å². The zero-order chi connectivity index (χ0) is 25.9. The Kier molecular flexibility index (Phi) is 7.73. The van der Waals surface area contributed by atoms with Crippen LogP contribution in [0.1, 0.15) is 34.6 Å². The number of imidazole rings is 1. The minimum absolute atomic E-state index is 0.0125. The fraction of sp³-hybridized carbons (Fsp3) is 0.292. The first-order valence-corrected chi connectivity index (χ1v) is 13.6. The molecule has 0 spiro atoms. The second-order valence-corrected chi connectivity index (χ2v) is 10.9. The van der Waals surface area contributed by atoms with Crippen molar-refractivity contribution in [3.63, 3.8) is 0 Å². The van der Waals surface area contributed by atoms with Crippen LogP contribution in [0.3, 0.4) is 0 Å². The van der Waals surface area contributed by atoms with Gasteiger partial charge in [0.05, 0.1) is 17.9 Å². The van der Waals surface area contributed by atoms with Gasteiger partial charge in [-0.25, -0.2) is 9.37 Å². The van der Waals surface area contributed by atoms with Crippen LogP contribution in [0.5, 0.6) is 5.75 Å². The average molecular weight is 576 g/mol. The van der Waals surface area contributed by atoms with Crippen molar-refractivity contribution in [3.05, 3.63) is 81.1 Å². The molecule has 1 fully saturated rings. The number of benzene rings is 2. The third-order valence-corrected chi connectivity index (χ3v) is 6.95. The molecule has 0 radical (unpaired) electrons. The molecule has 3 aromatic rings. The predicted molar refractivity (Wildman–Crippen MR) is 133 cm³/mol. The van der Waals surface area contributed by atoms with Crippen LogP contribution < -0.4 is 9.50 Å². The minimum atomic E-state index is -3.68. The first-order chi connectivity index (χ1) is 17.1. The van der Waals surface area contributed by atoms with Gasteiger partial charge in [-0.05, 0) is 47.9 Å². The third-order valence-electron chi connectivity index (χ3n) is 5.68. The van der Waals surface area contributed by atoms with E-state index in [0.29, 0.717) is 43.9 Å². The highest BCUT2D eigenvalue weighted by molar-refractivity contribution is 9.10. The number of rotatable bonds is 9. The maximum absolute atomic E-state index is 14.0. The molecule has 4 rings (SSSR count). The van der Waals surface area contributed by atoms with E-state index in [1.165, 1.54) is 12.1 Å². The Morgan fingerprint density at radius 3 is 2.75 bits per heavy atom. The van der Waals surface area contributed by atoms with Crippen molar-refractivity contribution in [2.45, 2.75) is 32.0 Å². The second kappa shape index (κ2) is 10.8. The second-order valence-electron chi connectivity index (χ2n) is 8.50. The Hall–Kier alpha value is -3.27. The van der Waals surface area contributed by atoms with E-state index in [-0.39, 0.29) is 23.3 Å². The normalized spacial score (nSPS) is 15.6. The molecule has 12 heteroatoms. The van der Waals surface area contributed by atoms with Crippen LogP contribution in [0, 0.1) is 17.1 Å². The Bertz CT molecular complexity index is 1440. The number of nitriles is 1. The van der Waals surface area contributed by atoms with E-state index in [1.807, 2.05) is 4.90 Å². The quantitative estimate of drug-likeness (QED) is 0.375. The van der Waals surface area contributed by atoms with Gasteiger partial charge in [0.15, 0.2) is 0 Å². The summed E-state index contributed by atoms with van der Waals surface area (Å²) in [6.45, 7) is 1.28. The zero-order valence-corrected chi connectivity index (χ0v) is 21.7. The number of amides is 1. The lowest BCUT2D eigenvalue weighted by Crippen LogP contribution is -2.40. The summed E-state index contributed by atoms with van der Waals surface area (Å²) in [5.74, 6) is 0.148. The lowest BCUT2D eigenvalue weighted by molar-refractivity contribution is -0.124. The van der Waals surface area contributed by atoms with Crippen molar-refractivity contribution in [1.29, 1.82) is 5.26 Å². The highest BCUT2D eigenvalue weighted by Crippen LogP contribution is 2.27. The summed E-state index contributed by atoms with van der Waals surface area (Å²) in [4.78, 5) is 22.1. The maximum atomic E-state index is 14.0.